The van der Waals surface area contributed by atoms with Gasteiger partial charge in [0.1, 0.15) is 18.0 Å². The van der Waals surface area contributed by atoms with Gasteiger partial charge in [0.15, 0.2) is 6.17 Å². The van der Waals surface area contributed by atoms with Crippen LogP contribution in [0.4, 0.5) is 22.0 Å². The fourth-order valence-electron chi connectivity index (χ4n) is 2.81. The summed E-state index contributed by atoms with van der Waals surface area (Å²) in [5.74, 6) is -6.99. The van der Waals surface area contributed by atoms with Gasteiger partial charge in [-0.2, -0.15) is 8.78 Å². The van der Waals surface area contributed by atoms with Crippen molar-refractivity contribution in [2.24, 2.45) is 0 Å². The highest BCUT2D eigenvalue weighted by atomic mass is 32.2. The minimum Gasteiger partial charge on any atom is -0.490 e. The maximum absolute atomic E-state index is 14.1. The smallest absolute Gasteiger partial charge is 0.312 e. The van der Waals surface area contributed by atoms with Crippen LogP contribution in [0.25, 0.3) is 0 Å². The first-order valence-corrected chi connectivity index (χ1v) is 7.85. The second-order valence-electron chi connectivity index (χ2n) is 5.54. The van der Waals surface area contributed by atoms with E-state index in [0.717, 1.165) is 11.8 Å². The standard InChI is InChI=1S/C14H13F5O2S/c1-22-8-3-2-7(21-6-4-13(16,17)5-6)9-10(8)12(20)14(18,19)11(9)15/h2-3,6,11-12,20H,4-5H2,1H3/t11-,12+/m1/s1. The molecule has 2 atom stereocenters. The Morgan fingerprint density at radius 1 is 1.18 bits per heavy atom. The van der Waals surface area contributed by atoms with Gasteiger partial charge in [-0.3, -0.25) is 0 Å². The largest absolute Gasteiger partial charge is 0.490 e. The molecule has 0 spiro atoms. The van der Waals surface area contributed by atoms with Crippen LogP contribution in [0.1, 0.15) is 36.2 Å². The number of benzene rings is 1. The number of aliphatic hydroxyl groups is 1. The third-order valence-corrected chi connectivity index (χ3v) is 4.80. The molecular weight excluding hydrogens is 327 g/mol. The van der Waals surface area contributed by atoms with Crippen LogP contribution in [0.2, 0.25) is 0 Å². The van der Waals surface area contributed by atoms with E-state index in [9.17, 15) is 27.1 Å². The number of thioether (sulfide) groups is 1. The molecule has 0 unspecified atom stereocenters. The van der Waals surface area contributed by atoms with E-state index in [1.165, 1.54) is 12.1 Å². The van der Waals surface area contributed by atoms with Gasteiger partial charge in [-0.05, 0) is 18.4 Å². The molecule has 0 bridgehead atoms. The molecule has 3 rings (SSSR count). The fourth-order valence-corrected chi connectivity index (χ4v) is 3.46. The number of hydrogen-bond acceptors (Lipinski definition) is 3. The van der Waals surface area contributed by atoms with E-state index in [-0.39, 0.29) is 11.3 Å². The molecule has 22 heavy (non-hydrogen) atoms. The molecule has 0 aromatic heterocycles. The van der Waals surface area contributed by atoms with Crippen LogP contribution in [0.15, 0.2) is 17.0 Å². The highest BCUT2D eigenvalue weighted by molar-refractivity contribution is 7.98. The summed E-state index contributed by atoms with van der Waals surface area (Å²) in [6.45, 7) is 0. The number of alkyl halides is 5. The molecule has 0 amide bonds. The maximum Gasteiger partial charge on any atom is 0.312 e. The summed E-state index contributed by atoms with van der Waals surface area (Å²) in [6.07, 6.45) is -5.27. The highest BCUT2D eigenvalue weighted by Crippen LogP contribution is 2.57. The monoisotopic (exact) mass is 340 g/mol. The van der Waals surface area contributed by atoms with E-state index in [1.54, 1.807) is 6.26 Å². The molecule has 122 valence electrons. The summed E-state index contributed by atoms with van der Waals surface area (Å²) in [5.41, 5.74) is -0.645. The highest BCUT2D eigenvalue weighted by Gasteiger charge is 2.58. The number of aliphatic hydroxyl groups excluding tert-OH is 1. The molecule has 1 fully saturated rings. The lowest BCUT2D eigenvalue weighted by Gasteiger charge is -2.35. The van der Waals surface area contributed by atoms with Gasteiger partial charge in [0, 0.05) is 28.9 Å². The van der Waals surface area contributed by atoms with Gasteiger partial charge in [-0.1, -0.05) is 0 Å². The normalized spacial score (nSPS) is 29.0. The summed E-state index contributed by atoms with van der Waals surface area (Å²) in [6, 6.07) is 2.72. The zero-order valence-electron chi connectivity index (χ0n) is 11.5. The predicted molar refractivity (Wildman–Crippen MR) is 70.6 cm³/mol. The Balaban J connectivity index is 1.98. The van der Waals surface area contributed by atoms with Gasteiger partial charge < -0.3 is 9.84 Å². The molecule has 1 N–H and O–H groups in total. The van der Waals surface area contributed by atoms with Gasteiger partial charge >= 0.3 is 5.92 Å². The zero-order chi connectivity index (χ0) is 16.3. The summed E-state index contributed by atoms with van der Waals surface area (Å²) in [4.78, 5) is 0.314. The topological polar surface area (TPSA) is 29.5 Å². The average molecular weight is 340 g/mol. The number of fused-ring (bicyclic) bond motifs is 1. The Bertz CT molecular complexity index is 599. The Hall–Kier alpha value is -1.02. The number of hydrogen-bond donors (Lipinski definition) is 1. The first-order chi connectivity index (χ1) is 10.2. The molecule has 8 heteroatoms. The van der Waals surface area contributed by atoms with Crippen molar-refractivity contribution in [2.45, 2.75) is 48.0 Å². The maximum atomic E-state index is 14.1. The first-order valence-electron chi connectivity index (χ1n) is 6.62. The summed E-state index contributed by atoms with van der Waals surface area (Å²) >= 11 is 1.09. The first kappa shape index (κ1) is 15.9. The van der Waals surface area contributed by atoms with Crippen molar-refractivity contribution in [3.8, 4) is 5.75 Å². The quantitative estimate of drug-likeness (QED) is 0.658. The third-order valence-electron chi connectivity index (χ3n) is 4.00. The Kier molecular flexibility index (Phi) is 3.60. The molecule has 2 aliphatic rings. The van der Waals surface area contributed by atoms with E-state index in [0.29, 0.717) is 4.90 Å². The van der Waals surface area contributed by atoms with E-state index >= 15 is 0 Å². The van der Waals surface area contributed by atoms with Crippen molar-refractivity contribution in [1.82, 2.24) is 0 Å². The van der Waals surface area contributed by atoms with Crippen LogP contribution < -0.4 is 4.74 Å². The lowest BCUT2D eigenvalue weighted by molar-refractivity contribution is -0.145. The SMILES string of the molecule is CSc1ccc(OC2CC(F)(F)C2)c2c1[C@H](O)C(F)(F)[C@@H]2F. The number of ether oxygens (including phenoxy) is 1. The van der Waals surface area contributed by atoms with Gasteiger partial charge in [0.05, 0.1) is 0 Å². The van der Waals surface area contributed by atoms with Crippen LogP contribution in [0.3, 0.4) is 0 Å². The lowest BCUT2D eigenvalue weighted by atomic mass is 9.91. The van der Waals surface area contributed by atoms with Crippen molar-refractivity contribution < 1.29 is 31.8 Å². The van der Waals surface area contributed by atoms with Crippen LogP contribution in [-0.4, -0.2) is 29.3 Å². The van der Waals surface area contributed by atoms with E-state index < -0.39 is 48.6 Å². The molecule has 0 radical (unpaired) electrons. The third kappa shape index (κ3) is 2.27. The van der Waals surface area contributed by atoms with E-state index in [2.05, 4.69) is 0 Å². The fraction of sp³-hybridized carbons (Fsp3) is 0.571. The Labute approximate surface area is 127 Å². The van der Waals surface area contributed by atoms with Gasteiger partial charge in [0.2, 0.25) is 0 Å². The second kappa shape index (κ2) is 4.99. The second-order valence-corrected chi connectivity index (χ2v) is 6.39. The van der Waals surface area contributed by atoms with Gasteiger partial charge in [0.25, 0.3) is 5.92 Å². The van der Waals surface area contributed by atoms with Crippen molar-refractivity contribution in [2.75, 3.05) is 6.26 Å². The minimum atomic E-state index is -3.96. The molecule has 1 saturated carbocycles. The molecular formula is C14H13F5O2S. The molecule has 0 aliphatic heterocycles. The van der Waals surface area contributed by atoms with Crippen molar-refractivity contribution >= 4 is 11.8 Å². The zero-order valence-corrected chi connectivity index (χ0v) is 12.3. The summed E-state index contributed by atoms with van der Waals surface area (Å²) in [5, 5.41) is 9.73. The molecule has 1 aromatic carbocycles. The molecule has 2 nitrogen and oxygen atoms in total. The average Bonchev–Trinajstić information content (AvgIpc) is 2.59. The van der Waals surface area contributed by atoms with Crippen molar-refractivity contribution in [3.05, 3.63) is 23.3 Å². The van der Waals surface area contributed by atoms with Crippen molar-refractivity contribution in [1.29, 1.82) is 0 Å². The Morgan fingerprint density at radius 2 is 1.82 bits per heavy atom. The summed E-state index contributed by atoms with van der Waals surface area (Å²) < 4.78 is 72.6. The summed E-state index contributed by atoms with van der Waals surface area (Å²) in [7, 11) is 0. The van der Waals surface area contributed by atoms with Gasteiger partial charge in [-0.15, -0.1) is 11.8 Å². The predicted octanol–water partition coefficient (Wildman–Crippen LogP) is 4.28. The van der Waals surface area contributed by atoms with Crippen LogP contribution in [0.5, 0.6) is 5.75 Å². The van der Waals surface area contributed by atoms with E-state index in [1.807, 2.05) is 0 Å². The lowest BCUT2D eigenvalue weighted by Crippen LogP contribution is -2.43. The van der Waals surface area contributed by atoms with Gasteiger partial charge in [-0.25, -0.2) is 13.2 Å². The van der Waals surface area contributed by atoms with Crippen LogP contribution in [-0.2, 0) is 0 Å². The molecule has 0 saturated heterocycles. The number of rotatable bonds is 3. The molecule has 0 heterocycles. The Morgan fingerprint density at radius 3 is 2.36 bits per heavy atom. The number of halogens is 5. The van der Waals surface area contributed by atoms with Crippen LogP contribution >= 0.6 is 11.8 Å². The minimum absolute atomic E-state index is 0.197. The molecule has 2 aliphatic carbocycles. The van der Waals surface area contributed by atoms with E-state index in [4.69, 9.17) is 4.74 Å². The van der Waals surface area contributed by atoms with Crippen LogP contribution in [0, 0.1) is 0 Å². The van der Waals surface area contributed by atoms with Crippen molar-refractivity contribution in [3.63, 3.8) is 0 Å². The molecule has 1 aromatic rings.